The van der Waals surface area contributed by atoms with Crippen molar-refractivity contribution < 1.29 is 23.5 Å². The molecular weight excluding hydrogens is 324 g/mol. The van der Waals surface area contributed by atoms with Crippen molar-refractivity contribution in [1.82, 2.24) is 0 Å². The number of halogens is 2. The van der Waals surface area contributed by atoms with E-state index in [1.165, 1.54) is 17.4 Å². The highest BCUT2D eigenvalue weighted by molar-refractivity contribution is 7.16. The SMILES string of the molecule is CCc1c(C)sc(NC(=O)Cc2ccc(F)c(F)c2)c1C(=O)O. The van der Waals surface area contributed by atoms with Crippen LogP contribution in [0.25, 0.3) is 0 Å². The lowest BCUT2D eigenvalue weighted by molar-refractivity contribution is -0.115. The fourth-order valence-electron chi connectivity index (χ4n) is 2.32. The molecule has 0 atom stereocenters. The molecule has 1 amide bonds. The lowest BCUT2D eigenvalue weighted by atomic mass is 10.1. The topological polar surface area (TPSA) is 66.4 Å². The highest BCUT2D eigenvalue weighted by atomic mass is 32.1. The molecule has 2 aromatic rings. The van der Waals surface area contributed by atoms with E-state index in [9.17, 15) is 23.5 Å². The zero-order chi connectivity index (χ0) is 17.1. The number of amides is 1. The molecule has 0 radical (unpaired) electrons. The van der Waals surface area contributed by atoms with Crippen molar-refractivity contribution in [3.05, 3.63) is 51.4 Å². The summed E-state index contributed by atoms with van der Waals surface area (Å²) in [6.07, 6.45) is 0.373. The molecule has 2 N–H and O–H groups in total. The summed E-state index contributed by atoms with van der Waals surface area (Å²) in [6.45, 7) is 3.63. The first kappa shape index (κ1) is 17.1. The molecule has 2 rings (SSSR count). The number of benzene rings is 1. The number of hydrogen-bond donors (Lipinski definition) is 2. The van der Waals surface area contributed by atoms with Crippen molar-refractivity contribution in [2.75, 3.05) is 5.32 Å². The minimum Gasteiger partial charge on any atom is -0.478 e. The predicted molar refractivity (Wildman–Crippen MR) is 84.1 cm³/mol. The van der Waals surface area contributed by atoms with Crippen molar-refractivity contribution in [3.63, 3.8) is 0 Å². The molecule has 0 aliphatic rings. The summed E-state index contributed by atoms with van der Waals surface area (Å²) >= 11 is 1.19. The Bertz CT molecular complexity index is 771. The monoisotopic (exact) mass is 339 g/mol. The van der Waals surface area contributed by atoms with E-state index in [0.717, 1.165) is 17.0 Å². The molecule has 0 saturated carbocycles. The second kappa shape index (κ2) is 6.87. The van der Waals surface area contributed by atoms with E-state index >= 15 is 0 Å². The zero-order valence-corrected chi connectivity index (χ0v) is 13.4. The summed E-state index contributed by atoms with van der Waals surface area (Å²) in [4.78, 5) is 24.3. The first-order chi connectivity index (χ1) is 10.8. The number of nitrogens with one attached hydrogen (secondary N) is 1. The van der Waals surface area contributed by atoms with E-state index in [2.05, 4.69) is 5.32 Å². The Labute approximate surface area is 135 Å². The fourth-order valence-corrected chi connectivity index (χ4v) is 3.48. The van der Waals surface area contributed by atoms with E-state index < -0.39 is 23.5 Å². The average molecular weight is 339 g/mol. The summed E-state index contributed by atoms with van der Waals surface area (Å²) in [5.41, 5.74) is 1.08. The minimum absolute atomic E-state index is 0.0913. The van der Waals surface area contributed by atoms with Crippen LogP contribution in [0.3, 0.4) is 0 Å². The maximum atomic E-state index is 13.1. The summed E-state index contributed by atoms with van der Waals surface area (Å²) in [6, 6.07) is 3.21. The standard InChI is InChI=1S/C16H15F2NO3S/c1-3-10-8(2)23-15(14(10)16(21)22)19-13(20)7-9-4-5-11(17)12(18)6-9/h4-6H,3,7H2,1-2H3,(H,19,20)(H,21,22). The maximum absolute atomic E-state index is 13.1. The van der Waals surface area contributed by atoms with Gasteiger partial charge in [0.2, 0.25) is 5.91 Å². The highest BCUT2D eigenvalue weighted by Gasteiger charge is 2.21. The van der Waals surface area contributed by atoms with Gasteiger partial charge >= 0.3 is 5.97 Å². The molecule has 1 aromatic heterocycles. The van der Waals surface area contributed by atoms with Crippen LogP contribution in [0.2, 0.25) is 0 Å². The number of aryl methyl sites for hydroxylation is 1. The molecule has 23 heavy (non-hydrogen) atoms. The third kappa shape index (κ3) is 3.73. The predicted octanol–water partition coefficient (Wildman–Crippen LogP) is 3.78. The molecule has 0 aliphatic heterocycles. The van der Waals surface area contributed by atoms with Gasteiger partial charge in [-0.3, -0.25) is 4.79 Å². The fraction of sp³-hybridized carbons (Fsp3) is 0.250. The smallest absolute Gasteiger partial charge is 0.339 e. The Morgan fingerprint density at radius 3 is 2.52 bits per heavy atom. The average Bonchev–Trinajstić information content (AvgIpc) is 2.78. The molecule has 1 aromatic carbocycles. The molecule has 0 spiro atoms. The number of carboxylic acids is 1. The van der Waals surface area contributed by atoms with E-state index in [0.29, 0.717) is 17.5 Å². The van der Waals surface area contributed by atoms with Crippen molar-refractivity contribution in [1.29, 1.82) is 0 Å². The van der Waals surface area contributed by atoms with E-state index in [1.54, 1.807) is 6.92 Å². The first-order valence-electron chi connectivity index (χ1n) is 6.92. The number of carbonyl (C=O) groups excluding carboxylic acids is 1. The van der Waals surface area contributed by atoms with Crippen molar-refractivity contribution in [2.24, 2.45) is 0 Å². The van der Waals surface area contributed by atoms with Crippen LogP contribution in [-0.2, 0) is 17.6 Å². The number of aromatic carboxylic acids is 1. The van der Waals surface area contributed by atoms with E-state index in [1.807, 2.05) is 6.92 Å². The molecule has 0 fully saturated rings. The van der Waals surface area contributed by atoms with Crippen molar-refractivity contribution in [3.8, 4) is 0 Å². The van der Waals surface area contributed by atoms with Crippen LogP contribution in [0, 0.1) is 18.6 Å². The van der Waals surface area contributed by atoms with Gasteiger partial charge in [-0.2, -0.15) is 0 Å². The highest BCUT2D eigenvalue weighted by Crippen LogP contribution is 2.33. The van der Waals surface area contributed by atoms with Gasteiger partial charge < -0.3 is 10.4 Å². The Morgan fingerprint density at radius 1 is 1.26 bits per heavy atom. The minimum atomic E-state index is -1.10. The summed E-state index contributed by atoms with van der Waals surface area (Å²) in [5.74, 6) is -3.60. The molecule has 7 heteroatoms. The maximum Gasteiger partial charge on any atom is 0.339 e. The van der Waals surface area contributed by atoms with Crippen LogP contribution in [0.5, 0.6) is 0 Å². The van der Waals surface area contributed by atoms with Gasteiger partial charge in [0.25, 0.3) is 0 Å². The number of carboxylic acid groups (broad SMARTS) is 1. The molecule has 0 aliphatic carbocycles. The Hall–Kier alpha value is -2.28. The van der Waals surface area contributed by atoms with Gasteiger partial charge in [0.1, 0.15) is 5.00 Å². The summed E-state index contributed by atoms with van der Waals surface area (Å²) in [5, 5.41) is 12.1. The van der Waals surface area contributed by atoms with Gasteiger partial charge in [-0.15, -0.1) is 11.3 Å². The molecular formula is C16H15F2NO3S. The normalized spacial score (nSPS) is 10.6. The van der Waals surface area contributed by atoms with Crippen LogP contribution in [0.15, 0.2) is 18.2 Å². The van der Waals surface area contributed by atoms with Crippen molar-refractivity contribution in [2.45, 2.75) is 26.7 Å². The van der Waals surface area contributed by atoms with Crippen LogP contribution >= 0.6 is 11.3 Å². The number of carbonyl (C=O) groups is 2. The van der Waals surface area contributed by atoms with Crippen LogP contribution in [-0.4, -0.2) is 17.0 Å². The molecule has 0 bridgehead atoms. The zero-order valence-electron chi connectivity index (χ0n) is 12.6. The molecule has 122 valence electrons. The number of rotatable bonds is 5. The van der Waals surface area contributed by atoms with E-state index in [-0.39, 0.29) is 17.0 Å². The Morgan fingerprint density at radius 2 is 1.96 bits per heavy atom. The van der Waals surface area contributed by atoms with Gasteiger partial charge in [-0.05, 0) is 36.6 Å². The van der Waals surface area contributed by atoms with Crippen LogP contribution < -0.4 is 5.32 Å². The van der Waals surface area contributed by atoms with E-state index in [4.69, 9.17) is 0 Å². The molecule has 4 nitrogen and oxygen atoms in total. The largest absolute Gasteiger partial charge is 0.478 e. The van der Waals surface area contributed by atoms with Gasteiger partial charge in [0, 0.05) is 4.88 Å². The number of thiophene rings is 1. The summed E-state index contributed by atoms with van der Waals surface area (Å²) < 4.78 is 26.0. The lowest BCUT2D eigenvalue weighted by Gasteiger charge is -2.06. The van der Waals surface area contributed by atoms with Gasteiger partial charge in [-0.25, -0.2) is 13.6 Å². The second-order valence-electron chi connectivity index (χ2n) is 4.97. The lowest BCUT2D eigenvalue weighted by Crippen LogP contribution is -2.16. The van der Waals surface area contributed by atoms with Gasteiger partial charge in [-0.1, -0.05) is 13.0 Å². The molecule has 0 saturated heterocycles. The Kier molecular flexibility index (Phi) is 5.10. The quantitative estimate of drug-likeness (QED) is 0.871. The first-order valence-corrected chi connectivity index (χ1v) is 7.74. The van der Waals surface area contributed by atoms with Gasteiger partial charge in [0.15, 0.2) is 11.6 Å². The Balaban J connectivity index is 2.20. The molecule has 1 heterocycles. The van der Waals surface area contributed by atoms with Crippen molar-refractivity contribution >= 4 is 28.2 Å². The third-order valence-corrected chi connectivity index (χ3v) is 4.44. The van der Waals surface area contributed by atoms with Gasteiger partial charge in [0.05, 0.1) is 12.0 Å². The van der Waals surface area contributed by atoms with Crippen LogP contribution in [0.4, 0.5) is 13.8 Å². The summed E-state index contributed by atoms with van der Waals surface area (Å²) in [7, 11) is 0. The van der Waals surface area contributed by atoms with Crippen LogP contribution in [0.1, 0.15) is 33.3 Å². The number of hydrogen-bond acceptors (Lipinski definition) is 3. The number of anilines is 1. The second-order valence-corrected chi connectivity index (χ2v) is 6.20. The molecule has 0 unspecified atom stereocenters. The third-order valence-electron chi connectivity index (χ3n) is 3.38.